The molecule has 0 aliphatic rings. The second-order valence-electron chi connectivity index (χ2n) is 5.28. The number of hydrogen-bond donors (Lipinski definition) is 0. The Morgan fingerprint density at radius 1 is 1.23 bits per heavy atom. The van der Waals surface area contributed by atoms with E-state index in [1.807, 2.05) is 25.1 Å². The monoisotopic (exact) mass is 301 g/mol. The van der Waals surface area contributed by atoms with Gasteiger partial charge in [-0.05, 0) is 42.3 Å². The van der Waals surface area contributed by atoms with E-state index in [2.05, 4.69) is 0 Å². The zero-order valence-corrected chi connectivity index (χ0v) is 13.0. The number of nitrogens with zero attached hydrogens (tertiary/aromatic N) is 1. The summed E-state index contributed by atoms with van der Waals surface area (Å²) in [7, 11) is 3.37. The van der Waals surface area contributed by atoms with Gasteiger partial charge in [0.25, 0.3) is 5.91 Å². The normalized spacial score (nSPS) is 12.0. The van der Waals surface area contributed by atoms with E-state index in [1.54, 1.807) is 37.3 Å². The molecule has 0 bridgehead atoms. The number of halogens is 1. The van der Waals surface area contributed by atoms with Crippen molar-refractivity contribution in [3.8, 4) is 0 Å². The largest absolute Gasteiger partial charge is 0.380 e. The molecule has 2 rings (SSSR count). The van der Waals surface area contributed by atoms with E-state index in [1.165, 1.54) is 12.1 Å². The predicted octanol–water partition coefficient (Wildman–Crippen LogP) is 3.81. The van der Waals surface area contributed by atoms with Gasteiger partial charge in [-0.1, -0.05) is 24.3 Å². The number of rotatable bonds is 5. The number of amides is 1. The molecular formula is C18H20FNO2. The highest BCUT2D eigenvalue weighted by atomic mass is 19.1. The smallest absolute Gasteiger partial charge is 0.254 e. The van der Waals surface area contributed by atoms with Crippen LogP contribution in [-0.2, 0) is 11.3 Å². The molecule has 3 nitrogen and oxygen atoms in total. The molecule has 4 heteroatoms. The van der Waals surface area contributed by atoms with Gasteiger partial charge in [-0.25, -0.2) is 4.39 Å². The summed E-state index contributed by atoms with van der Waals surface area (Å²) in [4.78, 5) is 14.2. The third-order valence-electron chi connectivity index (χ3n) is 3.74. The minimum absolute atomic E-state index is 0.0743. The van der Waals surface area contributed by atoms with E-state index in [0.717, 1.165) is 11.1 Å². The average Bonchev–Trinajstić information content (AvgIpc) is 2.54. The molecule has 0 heterocycles. The van der Waals surface area contributed by atoms with Gasteiger partial charge in [-0.2, -0.15) is 0 Å². The van der Waals surface area contributed by atoms with Crippen molar-refractivity contribution in [3.63, 3.8) is 0 Å². The first kappa shape index (κ1) is 16.2. The van der Waals surface area contributed by atoms with Crippen molar-refractivity contribution in [2.45, 2.75) is 19.6 Å². The highest BCUT2D eigenvalue weighted by Gasteiger charge is 2.19. The fraction of sp³-hybridized carbons (Fsp3) is 0.278. The van der Waals surface area contributed by atoms with Crippen molar-refractivity contribution in [2.75, 3.05) is 14.2 Å². The van der Waals surface area contributed by atoms with Crippen LogP contribution in [0, 0.1) is 5.82 Å². The zero-order valence-electron chi connectivity index (χ0n) is 13.0. The Morgan fingerprint density at radius 2 is 1.91 bits per heavy atom. The second-order valence-corrected chi connectivity index (χ2v) is 5.28. The summed E-state index contributed by atoms with van der Waals surface area (Å²) >= 11 is 0. The summed E-state index contributed by atoms with van der Waals surface area (Å²) in [6.07, 6.45) is 0. The van der Waals surface area contributed by atoms with Crippen molar-refractivity contribution in [2.24, 2.45) is 0 Å². The van der Waals surface area contributed by atoms with Crippen LogP contribution in [0.25, 0.3) is 0 Å². The summed E-state index contributed by atoms with van der Waals surface area (Å²) in [5.74, 6) is -0.355. The van der Waals surface area contributed by atoms with E-state index in [4.69, 9.17) is 4.74 Å². The maximum atomic E-state index is 13.0. The molecule has 22 heavy (non-hydrogen) atoms. The Labute approximate surface area is 130 Å². The van der Waals surface area contributed by atoms with Crippen molar-refractivity contribution >= 4 is 5.91 Å². The number of ether oxygens (including phenoxy) is 1. The van der Waals surface area contributed by atoms with E-state index < -0.39 is 0 Å². The summed E-state index contributed by atoms with van der Waals surface area (Å²) < 4.78 is 18.1. The number of methoxy groups -OCH3 is 1. The molecule has 0 saturated heterocycles. The third kappa shape index (κ3) is 3.71. The maximum Gasteiger partial charge on any atom is 0.254 e. The molecule has 0 fully saturated rings. The molecule has 2 aromatic carbocycles. The minimum Gasteiger partial charge on any atom is -0.380 e. The summed E-state index contributed by atoms with van der Waals surface area (Å²) in [5, 5.41) is 0. The van der Waals surface area contributed by atoms with Crippen LogP contribution in [0.15, 0.2) is 48.5 Å². The van der Waals surface area contributed by atoms with Crippen LogP contribution >= 0.6 is 0 Å². The van der Waals surface area contributed by atoms with Crippen LogP contribution in [0.3, 0.4) is 0 Å². The number of carbonyl (C=O) groups is 1. The topological polar surface area (TPSA) is 29.5 Å². The van der Waals surface area contributed by atoms with E-state index in [9.17, 15) is 9.18 Å². The Kier molecular flexibility index (Phi) is 5.28. The lowest BCUT2D eigenvalue weighted by Gasteiger charge is -2.25. The van der Waals surface area contributed by atoms with Crippen LogP contribution in [-0.4, -0.2) is 25.0 Å². The minimum atomic E-state index is -0.280. The fourth-order valence-corrected chi connectivity index (χ4v) is 2.31. The van der Waals surface area contributed by atoms with Crippen LogP contribution in [0.4, 0.5) is 4.39 Å². The van der Waals surface area contributed by atoms with Crippen molar-refractivity contribution in [3.05, 3.63) is 71.0 Å². The molecule has 1 unspecified atom stereocenters. The number of carbonyl (C=O) groups excluding carboxylic acids is 1. The van der Waals surface area contributed by atoms with Crippen LogP contribution in [0.2, 0.25) is 0 Å². The molecule has 116 valence electrons. The van der Waals surface area contributed by atoms with Gasteiger partial charge in [0.2, 0.25) is 0 Å². The predicted molar refractivity (Wildman–Crippen MR) is 84.1 cm³/mol. The van der Waals surface area contributed by atoms with Gasteiger partial charge in [-0.15, -0.1) is 0 Å². The fourth-order valence-electron chi connectivity index (χ4n) is 2.31. The molecule has 0 spiro atoms. The van der Waals surface area contributed by atoms with Gasteiger partial charge in [0, 0.05) is 19.7 Å². The zero-order chi connectivity index (χ0) is 16.1. The van der Waals surface area contributed by atoms with Crippen LogP contribution in [0.5, 0.6) is 0 Å². The lowest BCUT2D eigenvalue weighted by atomic mass is 10.1. The Hall–Kier alpha value is -2.20. The van der Waals surface area contributed by atoms with E-state index >= 15 is 0 Å². The molecule has 0 aromatic heterocycles. The summed E-state index contributed by atoms with van der Waals surface area (Å²) in [5.41, 5.74) is 2.47. The highest BCUT2D eigenvalue weighted by Crippen LogP contribution is 2.21. The van der Waals surface area contributed by atoms with Gasteiger partial charge in [-0.3, -0.25) is 4.79 Å². The molecule has 1 atom stereocenters. The summed E-state index contributed by atoms with van der Waals surface area (Å²) in [6.45, 7) is 2.39. The quantitative estimate of drug-likeness (QED) is 0.840. The van der Waals surface area contributed by atoms with Crippen LogP contribution in [0.1, 0.15) is 34.5 Å². The first-order chi connectivity index (χ1) is 10.5. The standard InChI is InChI=1S/C18H20FNO2/c1-13(15-7-9-17(19)10-8-15)20(2)18(21)16-6-4-5-14(11-16)12-22-3/h4-11,13H,12H2,1-3H3. The second kappa shape index (κ2) is 7.18. The van der Waals surface area contributed by atoms with Gasteiger partial charge in [0.15, 0.2) is 0 Å². The molecule has 0 aliphatic heterocycles. The molecule has 1 amide bonds. The third-order valence-corrected chi connectivity index (χ3v) is 3.74. The molecule has 0 radical (unpaired) electrons. The first-order valence-electron chi connectivity index (χ1n) is 7.13. The molecule has 0 saturated carbocycles. The van der Waals surface area contributed by atoms with E-state index in [-0.39, 0.29) is 17.8 Å². The highest BCUT2D eigenvalue weighted by molar-refractivity contribution is 5.94. The number of hydrogen-bond acceptors (Lipinski definition) is 2. The Bertz CT molecular complexity index is 640. The molecular weight excluding hydrogens is 281 g/mol. The molecule has 0 N–H and O–H groups in total. The maximum absolute atomic E-state index is 13.0. The molecule has 2 aromatic rings. The van der Waals surface area contributed by atoms with Gasteiger partial charge in [0.05, 0.1) is 12.6 Å². The lowest BCUT2D eigenvalue weighted by molar-refractivity contribution is 0.0742. The van der Waals surface area contributed by atoms with Crippen molar-refractivity contribution in [1.82, 2.24) is 4.90 Å². The Balaban J connectivity index is 2.17. The SMILES string of the molecule is COCc1cccc(C(=O)N(C)C(C)c2ccc(F)cc2)c1. The van der Waals surface area contributed by atoms with Crippen molar-refractivity contribution in [1.29, 1.82) is 0 Å². The lowest BCUT2D eigenvalue weighted by Crippen LogP contribution is -2.29. The van der Waals surface area contributed by atoms with Gasteiger partial charge in [0.1, 0.15) is 5.82 Å². The summed E-state index contributed by atoms with van der Waals surface area (Å²) in [6, 6.07) is 13.5. The van der Waals surface area contributed by atoms with Gasteiger partial charge < -0.3 is 9.64 Å². The first-order valence-corrected chi connectivity index (χ1v) is 7.13. The van der Waals surface area contributed by atoms with Gasteiger partial charge >= 0.3 is 0 Å². The molecule has 0 aliphatic carbocycles. The van der Waals surface area contributed by atoms with E-state index in [0.29, 0.717) is 12.2 Å². The number of benzene rings is 2. The Morgan fingerprint density at radius 3 is 2.55 bits per heavy atom. The average molecular weight is 301 g/mol. The van der Waals surface area contributed by atoms with Crippen molar-refractivity contribution < 1.29 is 13.9 Å². The van der Waals surface area contributed by atoms with Crippen LogP contribution < -0.4 is 0 Å².